The van der Waals surface area contributed by atoms with Crippen LogP contribution in [0, 0.1) is 11.3 Å². The summed E-state index contributed by atoms with van der Waals surface area (Å²) < 4.78 is 5.50. The van der Waals surface area contributed by atoms with Gasteiger partial charge in [-0.3, -0.25) is 4.98 Å². The summed E-state index contributed by atoms with van der Waals surface area (Å²) in [6.07, 6.45) is 3.40. The predicted molar refractivity (Wildman–Crippen MR) is 85.8 cm³/mol. The van der Waals surface area contributed by atoms with Crippen molar-refractivity contribution < 1.29 is 9.53 Å². The van der Waals surface area contributed by atoms with E-state index in [-0.39, 0.29) is 6.03 Å². The molecule has 6 heteroatoms. The van der Waals surface area contributed by atoms with Crippen molar-refractivity contribution in [3.8, 4) is 11.8 Å². The van der Waals surface area contributed by atoms with E-state index in [1.807, 2.05) is 18.2 Å². The fraction of sp³-hybridized carbons (Fsp3) is 0.235. The Balaban J connectivity index is 1.68. The van der Waals surface area contributed by atoms with Crippen molar-refractivity contribution in [1.82, 2.24) is 15.2 Å². The van der Waals surface area contributed by atoms with Crippen LogP contribution >= 0.6 is 0 Å². The van der Waals surface area contributed by atoms with Gasteiger partial charge in [0, 0.05) is 26.0 Å². The molecule has 0 spiro atoms. The number of amides is 2. The van der Waals surface area contributed by atoms with Crippen LogP contribution in [0.2, 0.25) is 0 Å². The SMILES string of the molecule is CN(Cc1ccncc1)C(=O)NCCOc1ccc(C#N)cc1. The van der Waals surface area contributed by atoms with E-state index in [2.05, 4.69) is 10.3 Å². The van der Waals surface area contributed by atoms with E-state index in [1.54, 1.807) is 48.6 Å². The summed E-state index contributed by atoms with van der Waals surface area (Å²) in [5, 5.41) is 11.5. The van der Waals surface area contributed by atoms with Crippen molar-refractivity contribution in [2.24, 2.45) is 0 Å². The Morgan fingerprint density at radius 2 is 1.96 bits per heavy atom. The number of carbonyl (C=O) groups is 1. The van der Waals surface area contributed by atoms with Gasteiger partial charge in [0.15, 0.2) is 0 Å². The monoisotopic (exact) mass is 310 g/mol. The van der Waals surface area contributed by atoms with Gasteiger partial charge in [0.25, 0.3) is 0 Å². The molecule has 0 atom stereocenters. The smallest absolute Gasteiger partial charge is 0.317 e. The number of nitrogens with one attached hydrogen (secondary N) is 1. The van der Waals surface area contributed by atoms with Gasteiger partial charge in [-0.25, -0.2) is 4.79 Å². The van der Waals surface area contributed by atoms with Gasteiger partial charge in [-0.15, -0.1) is 0 Å². The number of pyridine rings is 1. The zero-order valence-electron chi connectivity index (χ0n) is 12.9. The summed E-state index contributed by atoms with van der Waals surface area (Å²) in [4.78, 5) is 17.5. The third kappa shape index (κ3) is 5.32. The van der Waals surface area contributed by atoms with Crippen LogP contribution in [0.25, 0.3) is 0 Å². The van der Waals surface area contributed by atoms with Crippen LogP contribution in [0.5, 0.6) is 5.75 Å². The van der Waals surface area contributed by atoms with Gasteiger partial charge >= 0.3 is 6.03 Å². The number of hydrogen-bond donors (Lipinski definition) is 1. The number of nitrogens with zero attached hydrogens (tertiary/aromatic N) is 3. The highest BCUT2D eigenvalue weighted by molar-refractivity contribution is 5.73. The lowest BCUT2D eigenvalue weighted by Crippen LogP contribution is -2.38. The molecule has 0 saturated carbocycles. The van der Waals surface area contributed by atoms with Gasteiger partial charge in [0.2, 0.25) is 0 Å². The average molecular weight is 310 g/mol. The van der Waals surface area contributed by atoms with Crippen molar-refractivity contribution in [2.75, 3.05) is 20.2 Å². The fourth-order valence-corrected chi connectivity index (χ4v) is 1.92. The molecule has 0 aliphatic heterocycles. The maximum absolute atomic E-state index is 11.9. The zero-order chi connectivity index (χ0) is 16.5. The number of urea groups is 1. The molecule has 2 amide bonds. The second-order valence-corrected chi connectivity index (χ2v) is 4.93. The van der Waals surface area contributed by atoms with Gasteiger partial charge in [0.05, 0.1) is 18.2 Å². The topological polar surface area (TPSA) is 78.2 Å². The molecular weight excluding hydrogens is 292 g/mol. The quantitative estimate of drug-likeness (QED) is 0.829. The molecule has 23 heavy (non-hydrogen) atoms. The molecule has 0 aliphatic carbocycles. The first-order valence-corrected chi connectivity index (χ1v) is 7.20. The molecule has 1 N–H and O–H groups in total. The number of benzene rings is 1. The Kier molecular flexibility index (Phi) is 5.95. The first kappa shape index (κ1) is 16.3. The third-order valence-corrected chi connectivity index (χ3v) is 3.15. The van der Waals surface area contributed by atoms with E-state index < -0.39 is 0 Å². The van der Waals surface area contributed by atoms with Crippen LogP contribution < -0.4 is 10.1 Å². The van der Waals surface area contributed by atoms with E-state index in [9.17, 15) is 4.79 Å². The lowest BCUT2D eigenvalue weighted by molar-refractivity contribution is 0.203. The van der Waals surface area contributed by atoms with Gasteiger partial charge in [-0.1, -0.05) is 0 Å². The molecule has 0 unspecified atom stereocenters. The number of hydrogen-bond acceptors (Lipinski definition) is 4. The van der Waals surface area contributed by atoms with Crippen LogP contribution in [0.1, 0.15) is 11.1 Å². The molecule has 1 aromatic heterocycles. The lowest BCUT2D eigenvalue weighted by atomic mass is 10.2. The maximum atomic E-state index is 11.9. The highest BCUT2D eigenvalue weighted by atomic mass is 16.5. The van der Waals surface area contributed by atoms with E-state index in [0.717, 1.165) is 5.56 Å². The largest absolute Gasteiger partial charge is 0.492 e. The molecule has 2 aromatic rings. The van der Waals surface area contributed by atoms with Crippen molar-refractivity contribution in [1.29, 1.82) is 5.26 Å². The third-order valence-electron chi connectivity index (χ3n) is 3.15. The highest BCUT2D eigenvalue weighted by Gasteiger charge is 2.08. The van der Waals surface area contributed by atoms with Crippen molar-refractivity contribution in [3.05, 3.63) is 59.9 Å². The molecule has 0 saturated heterocycles. The van der Waals surface area contributed by atoms with Crippen LogP contribution in [0.15, 0.2) is 48.8 Å². The Hall–Kier alpha value is -3.07. The minimum absolute atomic E-state index is 0.162. The summed E-state index contributed by atoms with van der Waals surface area (Å²) in [7, 11) is 1.73. The molecule has 6 nitrogen and oxygen atoms in total. The Morgan fingerprint density at radius 3 is 2.61 bits per heavy atom. The molecular formula is C17H18N4O2. The second-order valence-electron chi connectivity index (χ2n) is 4.93. The van der Waals surface area contributed by atoms with E-state index >= 15 is 0 Å². The van der Waals surface area contributed by atoms with Gasteiger partial charge in [-0.05, 0) is 42.0 Å². The van der Waals surface area contributed by atoms with Crippen molar-refractivity contribution >= 4 is 6.03 Å². The first-order chi connectivity index (χ1) is 11.2. The van der Waals surface area contributed by atoms with Gasteiger partial charge in [-0.2, -0.15) is 5.26 Å². The van der Waals surface area contributed by atoms with Crippen LogP contribution in [-0.4, -0.2) is 36.1 Å². The molecule has 0 aliphatic rings. The number of rotatable bonds is 6. The van der Waals surface area contributed by atoms with Crippen molar-refractivity contribution in [2.45, 2.75) is 6.54 Å². The molecule has 1 aromatic carbocycles. The van der Waals surface area contributed by atoms with E-state index in [4.69, 9.17) is 10.00 Å². The summed E-state index contributed by atoms with van der Waals surface area (Å²) >= 11 is 0. The van der Waals surface area contributed by atoms with E-state index in [0.29, 0.717) is 31.0 Å². The van der Waals surface area contributed by atoms with Crippen LogP contribution in [0.3, 0.4) is 0 Å². The number of nitriles is 1. The molecule has 0 fully saturated rings. The standard InChI is InChI=1S/C17H18N4O2/c1-21(13-15-6-8-19-9-7-15)17(22)20-10-11-23-16-4-2-14(12-18)3-5-16/h2-9H,10-11,13H2,1H3,(H,20,22). The Morgan fingerprint density at radius 1 is 1.26 bits per heavy atom. The fourth-order valence-electron chi connectivity index (χ4n) is 1.92. The summed E-state index contributed by atoms with van der Waals surface area (Å²) in [6, 6.07) is 12.5. The average Bonchev–Trinajstić information content (AvgIpc) is 2.60. The van der Waals surface area contributed by atoms with Crippen LogP contribution in [0.4, 0.5) is 4.79 Å². The highest BCUT2D eigenvalue weighted by Crippen LogP contribution is 2.11. The number of carbonyl (C=O) groups excluding carboxylic acids is 1. The predicted octanol–water partition coefficient (Wildman–Crippen LogP) is 2.17. The van der Waals surface area contributed by atoms with Gasteiger partial charge < -0.3 is 15.0 Å². The minimum Gasteiger partial charge on any atom is -0.492 e. The molecule has 0 bridgehead atoms. The molecule has 2 rings (SSSR count). The summed E-state index contributed by atoms with van der Waals surface area (Å²) in [5.41, 5.74) is 1.61. The minimum atomic E-state index is -0.162. The molecule has 118 valence electrons. The summed E-state index contributed by atoms with van der Waals surface area (Å²) in [5.74, 6) is 0.670. The lowest BCUT2D eigenvalue weighted by Gasteiger charge is -2.18. The first-order valence-electron chi connectivity index (χ1n) is 7.20. The van der Waals surface area contributed by atoms with Gasteiger partial charge in [0.1, 0.15) is 12.4 Å². The summed E-state index contributed by atoms with van der Waals surface area (Å²) in [6.45, 7) is 1.28. The van der Waals surface area contributed by atoms with E-state index in [1.165, 1.54) is 0 Å². The van der Waals surface area contributed by atoms with Crippen molar-refractivity contribution in [3.63, 3.8) is 0 Å². The number of aromatic nitrogens is 1. The maximum Gasteiger partial charge on any atom is 0.317 e. The molecule has 1 heterocycles. The zero-order valence-corrected chi connectivity index (χ0v) is 12.9. The number of ether oxygens (including phenoxy) is 1. The normalized spacial score (nSPS) is 9.74. The Bertz CT molecular complexity index is 665. The van der Waals surface area contributed by atoms with Crippen LogP contribution in [-0.2, 0) is 6.54 Å². The second kappa shape index (κ2) is 8.39. The Labute approximate surface area is 135 Å². The molecule has 0 radical (unpaired) electrons.